The number of esters is 1. The summed E-state index contributed by atoms with van der Waals surface area (Å²) in [6.07, 6.45) is 8.50. The van der Waals surface area contributed by atoms with Gasteiger partial charge in [0, 0.05) is 39.4 Å². The number of rotatable bonds is 20. The van der Waals surface area contributed by atoms with Gasteiger partial charge in [0.1, 0.15) is 36.5 Å². The number of hydrogen-bond donors (Lipinski definition) is 5. The van der Waals surface area contributed by atoms with Crippen LogP contribution in [0.25, 0.3) is 12.2 Å². The third kappa shape index (κ3) is 13.4. The summed E-state index contributed by atoms with van der Waals surface area (Å²) in [5.41, 5.74) is 3.17. The van der Waals surface area contributed by atoms with Crippen molar-refractivity contribution in [1.82, 2.24) is 25.8 Å². The van der Waals surface area contributed by atoms with Gasteiger partial charge in [0.2, 0.25) is 29.5 Å². The van der Waals surface area contributed by atoms with Crippen molar-refractivity contribution in [2.45, 2.75) is 63.2 Å². The van der Waals surface area contributed by atoms with Gasteiger partial charge in [-0.2, -0.15) is 0 Å². The van der Waals surface area contributed by atoms with E-state index in [4.69, 9.17) is 21.1 Å². The summed E-state index contributed by atoms with van der Waals surface area (Å²) in [6.45, 7) is 1.34. The van der Waals surface area contributed by atoms with Crippen LogP contribution in [0.2, 0.25) is 5.02 Å². The molecule has 1 aliphatic heterocycles. The first-order valence-electron chi connectivity index (χ1n) is 21.1. The predicted octanol–water partition coefficient (Wildman–Crippen LogP) is 4.61. The van der Waals surface area contributed by atoms with Crippen LogP contribution in [0.5, 0.6) is 17.2 Å². The number of likely N-dealkylation sites (N-methyl/N-ethyl adjacent to an activating group) is 2. The molecule has 5 N–H and O–H groups in total. The topological polar surface area (TPSA) is 204 Å². The fourth-order valence-electron chi connectivity index (χ4n) is 7.14. The molecule has 0 spiro atoms. The van der Waals surface area contributed by atoms with Gasteiger partial charge in [0.05, 0.1) is 18.7 Å². The van der Waals surface area contributed by atoms with Crippen molar-refractivity contribution in [2.75, 3.05) is 34.4 Å². The zero-order valence-electron chi connectivity index (χ0n) is 36.7. The average molecular weight is 908 g/mol. The second-order valence-corrected chi connectivity index (χ2v) is 15.8. The maximum Gasteiger partial charge on any atom is 0.329 e. The fourth-order valence-corrected chi connectivity index (χ4v) is 7.37. The molecule has 4 atom stereocenters. The van der Waals surface area contributed by atoms with Crippen LogP contribution < -0.4 is 20.7 Å². The number of nitrogens with one attached hydrogen (secondary N) is 3. The molecular weight excluding hydrogens is 854 g/mol. The van der Waals surface area contributed by atoms with Crippen molar-refractivity contribution in [2.24, 2.45) is 0 Å². The Morgan fingerprint density at radius 2 is 1.48 bits per heavy atom. The first-order chi connectivity index (χ1) is 31.2. The zero-order valence-corrected chi connectivity index (χ0v) is 37.4. The van der Waals surface area contributed by atoms with E-state index in [-0.39, 0.29) is 47.9 Å². The van der Waals surface area contributed by atoms with Crippen LogP contribution in [-0.2, 0) is 52.8 Å². The van der Waals surface area contributed by atoms with E-state index < -0.39 is 72.0 Å². The number of hydrogen-bond acceptors (Lipinski definition) is 10. The third-order valence-corrected chi connectivity index (χ3v) is 11.3. The van der Waals surface area contributed by atoms with Crippen molar-refractivity contribution in [3.05, 3.63) is 136 Å². The monoisotopic (exact) mass is 907 g/mol. The van der Waals surface area contributed by atoms with E-state index in [0.29, 0.717) is 11.1 Å². The molecule has 15 nitrogen and oxygen atoms in total. The molecule has 0 saturated carbocycles. The number of allylic oxidation sites excluding steroid dienone is 1. The molecule has 0 radical (unpaired) electrons. The predicted molar refractivity (Wildman–Crippen MR) is 246 cm³/mol. The van der Waals surface area contributed by atoms with E-state index in [1.807, 2.05) is 30.3 Å². The van der Waals surface area contributed by atoms with Crippen LogP contribution in [0, 0.1) is 0 Å². The normalized spacial score (nSPS) is 15.1. The summed E-state index contributed by atoms with van der Waals surface area (Å²) in [5, 5.41) is 28.4. The Bertz CT molecular complexity index is 2390. The van der Waals surface area contributed by atoms with Gasteiger partial charge in [-0.05, 0) is 58.5 Å². The molecule has 1 saturated heterocycles. The number of halogens is 1. The highest BCUT2D eigenvalue weighted by Gasteiger charge is 2.39. The maximum atomic E-state index is 15.0. The van der Waals surface area contributed by atoms with Crippen molar-refractivity contribution < 1.29 is 48.5 Å². The standard InChI is InChI=1S/C49H54ClN5O10/c1-5-6-8-15-33-16-11-12-17-34(33)21-25-42(57)52-37(26-32-18-22-36(56)23-19-32)47(61)54(2)39(28-35-20-24-41(64-4)45(59)44(35)50)48(62)55(3)40(27-31-13-9-7-10-14-31)49(63)65-30-38-46(60)51-29-43(58)53-38/h7-25,37-40,56,59H,5-6,26-30H2,1-4H3,(H,51,60)(H,52,57)(H,53,58)/b15-8-,25-21+/t37-,38-,39-,40+/m1/s1. The SMILES string of the molecule is CCC/C=C\c1ccccc1/C=C/C(=O)N[C@H](Cc1ccc(O)cc1)C(=O)N(C)[C@H](Cc1ccc(OC)c(O)c1Cl)C(=O)N(C)[C@@H](Cc1ccccc1)C(=O)OC[C@H]1NC(=O)CNC1=O. The molecule has 0 aromatic heterocycles. The minimum absolute atomic E-state index is 0.00368. The molecule has 0 unspecified atom stereocenters. The minimum Gasteiger partial charge on any atom is -0.508 e. The Morgan fingerprint density at radius 1 is 0.831 bits per heavy atom. The van der Waals surface area contributed by atoms with Gasteiger partial charge in [-0.1, -0.05) is 110 Å². The molecule has 0 aliphatic carbocycles. The van der Waals surface area contributed by atoms with E-state index in [9.17, 15) is 34.2 Å². The molecule has 1 heterocycles. The number of ether oxygens (including phenoxy) is 2. The fraction of sp³-hybridized carbons (Fsp3) is 0.306. The highest BCUT2D eigenvalue weighted by molar-refractivity contribution is 6.33. The molecule has 5 rings (SSSR count). The lowest BCUT2D eigenvalue weighted by atomic mass is 9.98. The molecule has 4 aromatic rings. The zero-order chi connectivity index (χ0) is 47.0. The van der Waals surface area contributed by atoms with Gasteiger partial charge in [0.25, 0.3) is 0 Å². The number of carbonyl (C=O) groups excluding carboxylic acids is 6. The first-order valence-corrected chi connectivity index (χ1v) is 21.5. The summed E-state index contributed by atoms with van der Waals surface area (Å²) in [6, 6.07) is 20.3. The lowest BCUT2D eigenvalue weighted by Crippen LogP contribution is -2.59. The summed E-state index contributed by atoms with van der Waals surface area (Å²) in [4.78, 5) is 84.4. The molecule has 4 aromatic carbocycles. The first kappa shape index (κ1) is 48.9. The Balaban J connectivity index is 1.50. The minimum atomic E-state index is -1.41. The van der Waals surface area contributed by atoms with Gasteiger partial charge in [-0.3, -0.25) is 24.0 Å². The Hall–Kier alpha value is -7.13. The summed E-state index contributed by atoms with van der Waals surface area (Å²) in [7, 11) is 4.11. The number of nitrogens with zero attached hydrogens (tertiary/aromatic N) is 2. The lowest BCUT2D eigenvalue weighted by Gasteiger charge is -2.36. The molecular formula is C49H54ClN5O10. The number of unbranched alkanes of at least 4 members (excludes halogenated alkanes) is 1. The maximum absolute atomic E-state index is 15.0. The quantitative estimate of drug-likeness (QED) is 0.0616. The van der Waals surface area contributed by atoms with Crippen LogP contribution in [0.15, 0.2) is 103 Å². The molecule has 65 heavy (non-hydrogen) atoms. The van der Waals surface area contributed by atoms with Crippen LogP contribution in [0.3, 0.4) is 0 Å². The van der Waals surface area contributed by atoms with Crippen molar-refractivity contribution in [3.63, 3.8) is 0 Å². The largest absolute Gasteiger partial charge is 0.508 e. The van der Waals surface area contributed by atoms with Crippen molar-refractivity contribution in [1.29, 1.82) is 0 Å². The number of benzene rings is 4. The molecule has 5 amide bonds. The van der Waals surface area contributed by atoms with E-state index >= 15 is 4.79 Å². The van der Waals surface area contributed by atoms with E-state index in [1.54, 1.807) is 48.5 Å². The second-order valence-electron chi connectivity index (χ2n) is 15.5. The Morgan fingerprint density at radius 3 is 2.15 bits per heavy atom. The van der Waals surface area contributed by atoms with Gasteiger partial charge in [-0.25, -0.2) is 4.79 Å². The molecule has 0 bridgehead atoms. The Labute approximate surface area is 383 Å². The number of amides is 5. The van der Waals surface area contributed by atoms with E-state index in [1.165, 1.54) is 51.5 Å². The van der Waals surface area contributed by atoms with Gasteiger partial charge >= 0.3 is 5.97 Å². The Kier molecular flexibility index (Phi) is 17.7. The summed E-state index contributed by atoms with van der Waals surface area (Å²) in [5.74, 6) is -4.26. The van der Waals surface area contributed by atoms with Crippen molar-refractivity contribution in [3.8, 4) is 17.2 Å². The number of piperazine rings is 1. The van der Waals surface area contributed by atoms with Crippen molar-refractivity contribution >= 4 is 59.3 Å². The number of aromatic hydroxyl groups is 2. The number of phenolic OH excluding ortho intramolecular Hbond substituents is 2. The smallest absolute Gasteiger partial charge is 0.329 e. The lowest BCUT2D eigenvalue weighted by molar-refractivity contribution is -0.158. The van der Waals surface area contributed by atoms with Gasteiger partial charge < -0.3 is 45.4 Å². The molecule has 1 fully saturated rings. The summed E-state index contributed by atoms with van der Waals surface area (Å²) >= 11 is 6.65. The van der Waals surface area contributed by atoms with Crippen LogP contribution in [-0.4, -0.2) is 114 Å². The van der Waals surface area contributed by atoms with E-state index in [2.05, 4.69) is 29.0 Å². The van der Waals surface area contributed by atoms with Gasteiger partial charge in [0.15, 0.2) is 11.5 Å². The third-order valence-electron chi connectivity index (χ3n) is 10.9. The van der Waals surface area contributed by atoms with Gasteiger partial charge in [-0.15, -0.1) is 0 Å². The highest BCUT2D eigenvalue weighted by atomic mass is 35.5. The van der Waals surface area contributed by atoms with Crippen LogP contribution in [0.1, 0.15) is 47.6 Å². The highest BCUT2D eigenvalue weighted by Crippen LogP contribution is 2.37. The van der Waals surface area contributed by atoms with Crippen LogP contribution >= 0.6 is 11.6 Å². The number of carbonyl (C=O) groups is 6. The molecule has 16 heteroatoms. The molecule has 342 valence electrons. The van der Waals surface area contributed by atoms with E-state index in [0.717, 1.165) is 33.8 Å². The van der Waals surface area contributed by atoms with Crippen LogP contribution in [0.4, 0.5) is 0 Å². The number of phenols is 2. The number of methoxy groups -OCH3 is 1. The second kappa shape index (κ2) is 23.5. The summed E-state index contributed by atoms with van der Waals surface area (Å²) < 4.78 is 10.8. The molecule has 1 aliphatic rings. The average Bonchev–Trinajstić information content (AvgIpc) is 3.31.